The second kappa shape index (κ2) is 4.36. The zero-order chi connectivity index (χ0) is 12.6. The summed E-state index contributed by atoms with van der Waals surface area (Å²) in [6.07, 6.45) is 2.19. The number of nitrogens with one attached hydrogen (secondary N) is 1. The van der Waals surface area contributed by atoms with E-state index in [9.17, 15) is 9.90 Å². The highest BCUT2D eigenvalue weighted by molar-refractivity contribution is 5.81. The third kappa shape index (κ3) is 3.78. The lowest BCUT2D eigenvalue weighted by Gasteiger charge is -2.28. The summed E-state index contributed by atoms with van der Waals surface area (Å²) in [7, 11) is 0. The molecule has 0 saturated heterocycles. The van der Waals surface area contributed by atoms with Gasteiger partial charge in [0.05, 0.1) is 0 Å². The van der Waals surface area contributed by atoms with Crippen LogP contribution < -0.4 is 5.32 Å². The maximum Gasteiger partial charge on any atom is 0.249 e. The number of hydrogen-bond donors (Lipinski definition) is 2. The number of rotatable bonds is 4. The number of hydrogen-bond acceptors (Lipinski definition) is 2. The van der Waals surface area contributed by atoms with Crippen molar-refractivity contribution >= 4 is 5.91 Å². The molecule has 0 aromatic carbocycles. The Morgan fingerprint density at radius 3 is 2.19 bits per heavy atom. The lowest BCUT2D eigenvalue weighted by Crippen LogP contribution is -2.46. The molecule has 0 aromatic rings. The highest BCUT2D eigenvalue weighted by Crippen LogP contribution is 2.44. The zero-order valence-electron chi connectivity index (χ0n) is 11.1. The fourth-order valence-corrected chi connectivity index (χ4v) is 2.15. The topological polar surface area (TPSA) is 49.3 Å². The predicted molar refractivity (Wildman–Crippen MR) is 65.0 cm³/mol. The number of amides is 1. The van der Waals surface area contributed by atoms with E-state index in [0.717, 1.165) is 19.3 Å². The summed E-state index contributed by atoms with van der Waals surface area (Å²) in [5.74, 6) is -0.234. The minimum atomic E-state index is -0.877. The van der Waals surface area contributed by atoms with Crippen LogP contribution >= 0.6 is 0 Å². The Morgan fingerprint density at radius 1 is 1.38 bits per heavy atom. The van der Waals surface area contributed by atoms with Crippen LogP contribution in [0.1, 0.15) is 53.9 Å². The van der Waals surface area contributed by atoms with Crippen molar-refractivity contribution in [1.82, 2.24) is 5.32 Å². The van der Waals surface area contributed by atoms with Crippen LogP contribution in [0.5, 0.6) is 0 Å². The van der Waals surface area contributed by atoms with Gasteiger partial charge in [-0.3, -0.25) is 4.79 Å². The third-order valence-electron chi connectivity index (χ3n) is 3.01. The molecule has 1 atom stereocenters. The molecule has 0 bridgehead atoms. The van der Waals surface area contributed by atoms with Gasteiger partial charge in [0.15, 0.2) is 0 Å². The van der Waals surface area contributed by atoms with E-state index in [1.54, 1.807) is 0 Å². The normalized spacial score (nSPS) is 20.7. The summed E-state index contributed by atoms with van der Waals surface area (Å²) in [4.78, 5) is 11.8. The molecule has 0 radical (unpaired) electrons. The summed E-state index contributed by atoms with van der Waals surface area (Å²) in [6.45, 7) is 10.2. The van der Waals surface area contributed by atoms with E-state index in [0.29, 0.717) is 0 Å². The van der Waals surface area contributed by atoms with Crippen LogP contribution in [0.3, 0.4) is 0 Å². The summed E-state index contributed by atoms with van der Waals surface area (Å²) in [6, 6.07) is 0. The smallest absolute Gasteiger partial charge is 0.249 e. The molecule has 1 amide bonds. The minimum absolute atomic E-state index is 0.0227. The lowest BCUT2D eigenvalue weighted by atomic mass is 9.86. The Hall–Kier alpha value is -0.570. The van der Waals surface area contributed by atoms with E-state index >= 15 is 0 Å². The molecule has 1 rings (SSSR count). The SMILES string of the molecule is CC(C)C(O)C(=O)NC1(CC(C)(C)C)CC1. The van der Waals surface area contributed by atoms with Crippen LogP contribution in [0.15, 0.2) is 0 Å². The summed E-state index contributed by atoms with van der Waals surface area (Å²) in [5.41, 5.74) is 0.178. The first-order chi connectivity index (χ1) is 7.15. The van der Waals surface area contributed by atoms with Crippen molar-refractivity contribution in [3.05, 3.63) is 0 Å². The first kappa shape index (κ1) is 13.5. The van der Waals surface area contributed by atoms with Crippen LogP contribution in [0, 0.1) is 11.3 Å². The van der Waals surface area contributed by atoms with Gasteiger partial charge >= 0.3 is 0 Å². The zero-order valence-corrected chi connectivity index (χ0v) is 11.1. The number of carbonyl (C=O) groups is 1. The fraction of sp³-hybridized carbons (Fsp3) is 0.923. The average Bonchev–Trinajstić information content (AvgIpc) is 2.79. The van der Waals surface area contributed by atoms with E-state index in [1.807, 2.05) is 13.8 Å². The summed E-state index contributed by atoms with van der Waals surface area (Å²) < 4.78 is 0. The molecule has 1 aliphatic carbocycles. The summed E-state index contributed by atoms with van der Waals surface area (Å²) in [5, 5.41) is 12.7. The molecule has 0 aliphatic heterocycles. The van der Waals surface area contributed by atoms with Crippen molar-refractivity contribution < 1.29 is 9.90 Å². The van der Waals surface area contributed by atoms with Gasteiger partial charge in [-0.25, -0.2) is 0 Å². The van der Waals surface area contributed by atoms with Gasteiger partial charge in [-0.2, -0.15) is 0 Å². The molecule has 0 aromatic heterocycles. The summed E-state index contributed by atoms with van der Waals surface area (Å²) >= 11 is 0. The van der Waals surface area contributed by atoms with Gasteiger partial charge < -0.3 is 10.4 Å². The van der Waals surface area contributed by atoms with E-state index in [4.69, 9.17) is 0 Å². The van der Waals surface area contributed by atoms with Crippen molar-refractivity contribution in [3.63, 3.8) is 0 Å². The van der Waals surface area contributed by atoms with E-state index < -0.39 is 6.10 Å². The Labute approximate surface area is 98.6 Å². The monoisotopic (exact) mass is 227 g/mol. The second-order valence-corrected chi connectivity index (χ2v) is 6.70. The molecule has 1 aliphatic rings. The number of aliphatic hydroxyl groups is 1. The van der Waals surface area contributed by atoms with Gasteiger partial charge in [0.1, 0.15) is 6.10 Å². The Balaban J connectivity index is 2.51. The first-order valence-electron chi connectivity index (χ1n) is 6.15. The quantitative estimate of drug-likeness (QED) is 0.772. The average molecular weight is 227 g/mol. The largest absolute Gasteiger partial charge is 0.383 e. The van der Waals surface area contributed by atoms with Gasteiger partial charge in [0.2, 0.25) is 5.91 Å². The van der Waals surface area contributed by atoms with Crippen LogP contribution in [-0.2, 0) is 4.79 Å². The molecule has 94 valence electrons. The molecule has 2 N–H and O–H groups in total. The van der Waals surface area contributed by atoms with Crippen LogP contribution in [0.4, 0.5) is 0 Å². The Morgan fingerprint density at radius 2 is 1.88 bits per heavy atom. The predicted octanol–water partition coefficient (Wildman–Crippen LogP) is 2.09. The van der Waals surface area contributed by atoms with Crippen molar-refractivity contribution in [2.24, 2.45) is 11.3 Å². The minimum Gasteiger partial charge on any atom is -0.383 e. The lowest BCUT2D eigenvalue weighted by molar-refractivity contribution is -0.132. The van der Waals surface area contributed by atoms with Gasteiger partial charge in [-0.15, -0.1) is 0 Å². The molecule has 3 nitrogen and oxygen atoms in total. The van der Waals surface area contributed by atoms with E-state index in [2.05, 4.69) is 26.1 Å². The van der Waals surface area contributed by atoms with Gasteiger partial charge in [-0.05, 0) is 30.6 Å². The highest BCUT2D eigenvalue weighted by Gasteiger charge is 2.47. The Kier molecular flexibility index (Phi) is 3.68. The molecular weight excluding hydrogens is 202 g/mol. The second-order valence-electron chi connectivity index (χ2n) is 6.70. The number of aliphatic hydroxyl groups excluding tert-OH is 1. The maximum atomic E-state index is 11.8. The van der Waals surface area contributed by atoms with E-state index in [1.165, 1.54) is 0 Å². The number of carbonyl (C=O) groups excluding carboxylic acids is 1. The molecule has 0 spiro atoms. The molecule has 16 heavy (non-hydrogen) atoms. The van der Waals surface area contributed by atoms with Crippen molar-refractivity contribution in [1.29, 1.82) is 0 Å². The highest BCUT2D eigenvalue weighted by atomic mass is 16.3. The standard InChI is InChI=1S/C13H25NO2/c1-9(2)10(15)11(16)14-13(6-7-13)8-12(3,4)5/h9-10,15H,6-8H2,1-5H3,(H,14,16). The van der Waals surface area contributed by atoms with Crippen LogP contribution in [0.2, 0.25) is 0 Å². The van der Waals surface area contributed by atoms with Crippen molar-refractivity contribution in [2.75, 3.05) is 0 Å². The molecule has 1 unspecified atom stereocenters. The molecule has 3 heteroatoms. The fourth-order valence-electron chi connectivity index (χ4n) is 2.15. The first-order valence-corrected chi connectivity index (χ1v) is 6.15. The van der Waals surface area contributed by atoms with Gasteiger partial charge in [-0.1, -0.05) is 34.6 Å². The third-order valence-corrected chi connectivity index (χ3v) is 3.01. The van der Waals surface area contributed by atoms with Crippen LogP contribution in [-0.4, -0.2) is 22.7 Å². The van der Waals surface area contributed by atoms with Gasteiger partial charge in [0.25, 0.3) is 0 Å². The molecule has 1 saturated carbocycles. The molecule has 1 fully saturated rings. The van der Waals surface area contributed by atoms with E-state index in [-0.39, 0.29) is 22.8 Å². The van der Waals surface area contributed by atoms with Gasteiger partial charge in [0, 0.05) is 5.54 Å². The Bertz CT molecular complexity index is 262. The molecule has 0 heterocycles. The maximum absolute atomic E-state index is 11.8. The molecular formula is C13H25NO2. The van der Waals surface area contributed by atoms with Crippen molar-refractivity contribution in [2.45, 2.75) is 65.5 Å². The van der Waals surface area contributed by atoms with Crippen molar-refractivity contribution in [3.8, 4) is 0 Å². The van der Waals surface area contributed by atoms with Crippen LogP contribution in [0.25, 0.3) is 0 Å².